The maximum atomic E-state index is 12.3. The Bertz CT molecular complexity index is 426. The number of hydrogen-bond acceptors (Lipinski definition) is 3. The van der Waals surface area contributed by atoms with Gasteiger partial charge in [-0.05, 0) is 18.9 Å². The molecule has 0 bridgehead atoms. The van der Waals surface area contributed by atoms with Gasteiger partial charge in [0, 0.05) is 19.5 Å². The summed E-state index contributed by atoms with van der Waals surface area (Å²) < 4.78 is 5.17. The minimum Gasteiger partial charge on any atom is -0.469 e. The third-order valence-corrected chi connectivity index (χ3v) is 2.68. The van der Waals surface area contributed by atoms with Crippen molar-refractivity contribution in [3.05, 3.63) is 23.7 Å². The first-order valence-corrected chi connectivity index (χ1v) is 6.43. The fourth-order valence-electron chi connectivity index (χ4n) is 1.70. The highest BCUT2D eigenvalue weighted by atomic mass is 32.1. The average molecular weight is 268 g/mol. The SMILES string of the molecule is Cc1cc(C(=O)N(CCC(N)=S)CC(C)C)co1. The van der Waals surface area contributed by atoms with Gasteiger partial charge in [0.15, 0.2) is 0 Å². The van der Waals surface area contributed by atoms with Gasteiger partial charge >= 0.3 is 0 Å². The molecular formula is C13H20N2O2S. The van der Waals surface area contributed by atoms with Crippen LogP contribution in [0.4, 0.5) is 0 Å². The molecule has 1 aromatic heterocycles. The van der Waals surface area contributed by atoms with Gasteiger partial charge in [0.1, 0.15) is 12.0 Å². The van der Waals surface area contributed by atoms with Gasteiger partial charge in [0.2, 0.25) is 0 Å². The van der Waals surface area contributed by atoms with E-state index < -0.39 is 0 Å². The first kappa shape index (κ1) is 14.7. The lowest BCUT2D eigenvalue weighted by molar-refractivity contribution is 0.0740. The Morgan fingerprint density at radius 1 is 1.56 bits per heavy atom. The summed E-state index contributed by atoms with van der Waals surface area (Å²) in [6.45, 7) is 7.20. The normalized spacial score (nSPS) is 10.7. The maximum absolute atomic E-state index is 12.3. The van der Waals surface area contributed by atoms with E-state index in [9.17, 15) is 4.79 Å². The zero-order chi connectivity index (χ0) is 13.7. The van der Waals surface area contributed by atoms with E-state index in [-0.39, 0.29) is 5.91 Å². The van der Waals surface area contributed by atoms with Crippen molar-refractivity contribution < 1.29 is 9.21 Å². The van der Waals surface area contributed by atoms with Crippen LogP contribution in [-0.4, -0.2) is 28.9 Å². The smallest absolute Gasteiger partial charge is 0.257 e. The number of aryl methyl sites for hydroxylation is 1. The molecule has 0 saturated carbocycles. The van der Waals surface area contributed by atoms with E-state index in [2.05, 4.69) is 13.8 Å². The fraction of sp³-hybridized carbons (Fsp3) is 0.538. The first-order chi connectivity index (χ1) is 8.40. The third-order valence-electron chi connectivity index (χ3n) is 2.48. The van der Waals surface area contributed by atoms with Crippen molar-refractivity contribution in [1.29, 1.82) is 0 Å². The number of nitrogens with zero attached hydrogens (tertiary/aromatic N) is 1. The number of carbonyl (C=O) groups excluding carboxylic acids is 1. The van der Waals surface area contributed by atoms with Gasteiger partial charge in [-0.25, -0.2) is 0 Å². The monoisotopic (exact) mass is 268 g/mol. The Hall–Kier alpha value is -1.36. The van der Waals surface area contributed by atoms with Crippen LogP contribution in [0.3, 0.4) is 0 Å². The molecule has 0 radical (unpaired) electrons. The van der Waals surface area contributed by atoms with Gasteiger partial charge < -0.3 is 15.1 Å². The van der Waals surface area contributed by atoms with Crippen molar-refractivity contribution in [2.24, 2.45) is 11.7 Å². The lowest BCUT2D eigenvalue weighted by Gasteiger charge is -2.23. The minimum absolute atomic E-state index is 0.0307. The van der Waals surface area contributed by atoms with Crippen molar-refractivity contribution in [1.82, 2.24) is 4.90 Å². The van der Waals surface area contributed by atoms with Crippen LogP contribution in [0, 0.1) is 12.8 Å². The zero-order valence-electron chi connectivity index (χ0n) is 11.1. The predicted octanol–water partition coefficient (Wildman–Crippen LogP) is 2.36. The van der Waals surface area contributed by atoms with Crippen molar-refractivity contribution in [3.63, 3.8) is 0 Å². The molecule has 1 amide bonds. The number of rotatable bonds is 6. The standard InChI is InChI=1S/C13H20N2O2S/c1-9(2)7-15(5-4-12(14)18)13(16)11-6-10(3)17-8-11/h6,8-9H,4-5,7H2,1-3H3,(H2,14,18). The van der Waals surface area contributed by atoms with E-state index in [0.717, 1.165) is 5.76 Å². The summed E-state index contributed by atoms with van der Waals surface area (Å²) in [7, 11) is 0. The fourth-order valence-corrected chi connectivity index (χ4v) is 1.79. The first-order valence-electron chi connectivity index (χ1n) is 6.03. The molecule has 1 heterocycles. The molecule has 0 unspecified atom stereocenters. The molecule has 0 spiro atoms. The van der Waals surface area contributed by atoms with Gasteiger partial charge in [-0.3, -0.25) is 4.79 Å². The van der Waals surface area contributed by atoms with Gasteiger partial charge in [0.25, 0.3) is 5.91 Å². The van der Waals surface area contributed by atoms with Crippen molar-refractivity contribution in [2.45, 2.75) is 27.2 Å². The Labute approximate surface area is 113 Å². The molecule has 4 nitrogen and oxygen atoms in total. The molecule has 1 rings (SSSR count). The van der Waals surface area contributed by atoms with Crippen LogP contribution in [0.15, 0.2) is 16.7 Å². The van der Waals surface area contributed by atoms with E-state index in [1.807, 2.05) is 6.92 Å². The Morgan fingerprint density at radius 2 is 2.22 bits per heavy atom. The van der Waals surface area contributed by atoms with Crippen LogP contribution < -0.4 is 5.73 Å². The molecule has 0 aliphatic heterocycles. The molecule has 0 atom stereocenters. The maximum Gasteiger partial charge on any atom is 0.257 e. The second-order valence-corrected chi connectivity index (χ2v) is 5.33. The summed E-state index contributed by atoms with van der Waals surface area (Å²) in [5.41, 5.74) is 6.07. The van der Waals surface area contributed by atoms with E-state index in [4.69, 9.17) is 22.4 Å². The second kappa shape index (κ2) is 6.54. The number of carbonyl (C=O) groups is 1. The third kappa shape index (κ3) is 4.49. The van der Waals surface area contributed by atoms with Crippen LogP contribution in [-0.2, 0) is 0 Å². The highest BCUT2D eigenvalue weighted by Gasteiger charge is 2.18. The summed E-state index contributed by atoms with van der Waals surface area (Å²) in [5.74, 6) is 1.10. The molecule has 1 aromatic rings. The largest absolute Gasteiger partial charge is 0.469 e. The van der Waals surface area contributed by atoms with Gasteiger partial charge in [-0.2, -0.15) is 0 Å². The van der Waals surface area contributed by atoms with Crippen LogP contribution >= 0.6 is 12.2 Å². The Balaban J connectivity index is 2.75. The molecule has 18 heavy (non-hydrogen) atoms. The highest BCUT2D eigenvalue weighted by molar-refractivity contribution is 7.80. The van der Waals surface area contributed by atoms with Crippen molar-refractivity contribution >= 4 is 23.1 Å². The molecule has 0 saturated heterocycles. The topological polar surface area (TPSA) is 59.5 Å². The van der Waals surface area contributed by atoms with Crippen LogP contribution in [0.1, 0.15) is 36.4 Å². The van der Waals surface area contributed by atoms with Crippen molar-refractivity contribution in [3.8, 4) is 0 Å². The molecule has 100 valence electrons. The Kier molecular flexibility index (Phi) is 5.34. The minimum atomic E-state index is -0.0307. The van der Waals surface area contributed by atoms with Crippen LogP contribution in [0.5, 0.6) is 0 Å². The number of hydrogen-bond donors (Lipinski definition) is 1. The molecular weight excluding hydrogens is 248 g/mol. The predicted molar refractivity (Wildman–Crippen MR) is 75.6 cm³/mol. The molecule has 0 aromatic carbocycles. The van der Waals surface area contributed by atoms with E-state index in [1.54, 1.807) is 11.0 Å². The average Bonchev–Trinajstić information content (AvgIpc) is 2.69. The lowest BCUT2D eigenvalue weighted by Crippen LogP contribution is -2.36. The van der Waals surface area contributed by atoms with E-state index in [1.165, 1.54) is 6.26 Å². The van der Waals surface area contributed by atoms with Crippen LogP contribution in [0.25, 0.3) is 0 Å². The molecule has 2 N–H and O–H groups in total. The summed E-state index contributed by atoms with van der Waals surface area (Å²) in [6, 6.07) is 1.75. The van der Waals surface area contributed by atoms with E-state index in [0.29, 0.717) is 36.0 Å². The molecule has 5 heteroatoms. The number of furan rings is 1. The summed E-state index contributed by atoms with van der Waals surface area (Å²) in [4.78, 5) is 14.5. The van der Waals surface area contributed by atoms with Crippen LogP contribution in [0.2, 0.25) is 0 Å². The zero-order valence-corrected chi connectivity index (χ0v) is 11.9. The molecule has 0 fully saturated rings. The highest BCUT2D eigenvalue weighted by Crippen LogP contribution is 2.11. The summed E-state index contributed by atoms with van der Waals surface area (Å²) in [5, 5.41) is 0. The number of thiocarbonyl (C=S) groups is 1. The molecule has 0 aliphatic rings. The summed E-state index contributed by atoms with van der Waals surface area (Å²) in [6.07, 6.45) is 2.04. The quantitative estimate of drug-likeness (QED) is 0.805. The van der Waals surface area contributed by atoms with Gasteiger partial charge in [0.05, 0.1) is 10.6 Å². The Morgan fingerprint density at radius 3 is 2.67 bits per heavy atom. The summed E-state index contributed by atoms with van der Waals surface area (Å²) >= 11 is 4.86. The number of amides is 1. The van der Waals surface area contributed by atoms with Gasteiger partial charge in [-0.1, -0.05) is 26.1 Å². The van der Waals surface area contributed by atoms with E-state index >= 15 is 0 Å². The second-order valence-electron chi connectivity index (χ2n) is 4.81. The van der Waals surface area contributed by atoms with Gasteiger partial charge in [-0.15, -0.1) is 0 Å². The lowest BCUT2D eigenvalue weighted by atomic mass is 10.1. The molecule has 0 aliphatic carbocycles. The van der Waals surface area contributed by atoms with Crippen molar-refractivity contribution in [2.75, 3.05) is 13.1 Å². The number of nitrogens with two attached hydrogens (primary N) is 1.